The zero-order valence-electron chi connectivity index (χ0n) is 18.1. The van der Waals surface area contributed by atoms with Crippen LogP contribution in [0.4, 0.5) is 5.69 Å². The highest BCUT2D eigenvalue weighted by Gasteiger charge is 2.33. The Morgan fingerprint density at radius 1 is 1.10 bits per heavy atom. The van der Waals surface area contributed by atoms with Crippen molar-refractivity contribution in [2.24, 2.45) is 5.92 Å². The van der Waals surface area contributed by atoms with Crippen molar-refractivity contribution in [3.05, 3.63) is 53.1 Å². The second kappa shape index (κ2) is 9.18. The lowest BCUT2D eigenvalue weighted by molar-refractivity contribution is -0.120. The van der Waals surface area contributed by atoms with Gasteiger partial charge >= 0.3 is 0 Å². The maximum absolute atomic E-state index is 13.2. The molecule has 7 heteroatoms. The number of carbonyl (C=O) groups excluding carboxylic acids is 1. The molecule has 1 saturated heterocycles. The van der Waals surface area contributed by atoms with Crippen LogP contribution in [0.5, 0.6) is 5.75 Å². The Kier molecular flexibility index (Phi) is 6.83. The van der Waals surface area contributed by atoms with Crippen molar-refractivity contribution in [3.8, 4) is 5.75 Å². The van der Waals surface area contributed by atoms with Crippen LogP contribution in [0.15, 0.2) is 41.3 Å². The summed E-state index contributed by atoms with van der Waals surface area (Å²) < 4.78 is 33.5. The SMILES string of the molecule is CCOc1ccccc1NC(=O)C1CCN(S(=O)(=O)c2c(C)cc(C)cc2C)CC1. The minimum Gasteiger partial charge on any atom is -0.492 e. The van der Waals surface area contributed by atoms with Crippen molar-refractivity contribution < 1.29 is 17.9 Å². The van der Waals surface area contributed by atoms with Crippen molar-refractivity contribution in [2.45, 2.75) is 45.4 Å². The standard InChI is InChI=1S/C23H30N2O4S/c1-5-29-21-9-7-6-8-20(21)24-23(26)19-10-12-25(13-11-19)30(27,28)22-17(3)14-16(2)15-18(22)4/h6-9,14-15,19H,5,10-13H2,1-4H3,(H,24,26). The number of carbonyl (C=O) groups is 1. The predicted molar refractivity (Wildman–Crippen MR) is 118 cm³/mol. The molecule has 1 aliphatic rings. The number of hydrogen-bond donors (Lipinski definition) is 1. The Balaban J connectivity index is 1.68. The largest absolute Gasteiger partial charge is 0.492 e. The Morgan fingerprint density at radius 3 is 2.30 bits per heavy atom. The fourth-order valence-electron chi connectivity index (χ4n) is 4.15. The van der Waals surface area contributed by atoms with Crippen LogP contribution in [0, 0.1) is 26.7 Å². The van der Waals surface area contributed by atoms with E-state index in [-0.39, 0.29) is 11.8 Å². The molecule has 0 radical (unpaired) electrons. The van der Waals surface area contributed by atoms with Gasteiger partial charge in [-0.3, -0.25) is 4.79 Å². The van der Waals surface area contributed by atoms with Gasteiger partial charge in [-0.1, -0.05) is 29.8 Å². The molecule has 1 fully saturated rings. The number of anilines is 1. The van der Waals surface area contributed by atoms with Gasteiger partial charge in [-0.05, 0) is 63.8 Å². The van der Waals surface area contributed by atoms with Crippen LogP contribution in [0.3, 0.4) is 0 Å². The molecule has 3 rings (SSSR count). The highest BCUT2D eigenvalue weighted by Crippen LogP contribution is 2.30. The van der Waals surface area contributed by atoms with Gasteiger partial charge in [0.05, 0.1) is 17.2 Å². The molecule has 0 atom stereocenters. The van der Waals surface area contributed by atoms with Gasteiger partial charge < -0.3 is 10.1 Å². The molecule has 2 aromatic carbocycles. The summed E-state index contributed by atoms with van der Waals surface area (Å²) >= 11 is 0. The number of ether oxygens (including phenoxy) is 1. The molecule has 2 aromatic rings. The Labute approximate surface area is 179 Å². The average molecular weight is 431 g/mol. The summed E-state index contributed by atoms with van der Waals surface area (Å²) in [5.41, 5.74) is 3.22. The van der Waals surface area contributed by atoms with Gasteiger partial charge in [0.1, 0.15) is 5.75 Å². The summed E-state index contributed by atoms with van der Waals surface area (Å²) in [6.07, 6.45) is 0.984. The van der Waals surface area contributed by atoms with Crippen LogP contribution in [-0.2, 0) is 14.8 Å². The maximum Gasteiger partial charge on any atom is 0.243 e. The third-order valence-corrected chi connectivity index (χ3v) is 7.68. The van der Waals surface area contributed by atoms with E-state index in [2.05, 4.69) is 5.32 Å². The van der Waals surface area contributed by atoms with E-state index in [1.807, 2.05) is 64.1 Å². The number of amides is 1. The third kappa shape index (κ3) is 4.68. The molecule has 0 bridgehead atoms. The normalized spacial score (nSPS) is 15.7. The molecule has 0 aliphatic carbocycles. The first-order chi connectivity index (χ1) is 14.2. The zero-order valence-corrected chi connectivity index (χ0v) is 18.9. The minimum atomic E-state index is -3.58. The summed E-state index contributed by atoms with van der Waals surface area (Å²) in [7, 11) is -3.58. The fourth-order valence-corrected chi connectivity index (χ4v) is 6.03. The Morgan fingerprint density at radius 2 is 1.70 bits per heavy atom. The Hall–Kier alpha value is -2.38. The van der Waals surface area contributed by atoms with Gasteiger partial charge in [0.15, 0.2) is 0 Å². The van der Waals surface area contributed by atoms with E-state index in [4.69, 9.17) is 4.74 Å². The van der Waals surface area contributed by atoms with E-state index < -0.39 is 10.0 Å². The molecule has 0 aromatic heterocycles. The number of hydrogen-bond acceptors (Lipinski definition) is 4. The van der Waals surface area contributed by atoms with Crippen molar-refractivity contribution in [1.82, 2.24) is 4.31 Å². The number of sulfonamides is 1. The van der Waals surface area contributed by atoms with E-state index in [9.17, 15) is 13.2 Å². The van der Waals surface area contributed by atoms with E-state index in [1.54, 1.807) is 0 Å². The van der Waals surface area contributed by atoms with Crippen molar-refractivity contribution in [2.75, 3.05) is 25.0 Å². The average Bonchev–Trinajstić information content (AvgIpc) is 2.68. The Bertz CT molecular complexity index is 1000. The maximum atomic E-state index is 13.2. The monoisotopic (exact) mass is 430 g/mol. The first-order valence-corrected chi connectivity index (χ1v) is 11.8. The fraction of sp³-hybridized carbons (Fsp3) is 0.435. The summed E-state index contributed by atoms with van der Waals surface area (Å²) in [5, 5.41) is 2.94. The second-order valence-electron chi connectivity index (χ2n) is 7.82. The van der Waals surface area contributed by atoms with Crippen molar-refractivity contribution >= 4 is 21.6 Å². The molecule has 1 aliphatic heterocycles. The van der Waals surface area contributed by atoms with Crippen LogP contribution in [0.25, 0.3) is 0 Å². The molecule has 1 heterocycles. The third-order valence-electron chi connectivity index (χ3n) is 5.47. The molecule has 162 valence electrons. The molecular formula is C23H30N2O4S. The predicted octanol–water partition coefficient (Wildman–Crippen LogP) is 4.05. The van der Waals surface area contributed by atoms with Crippen molar-refractivity contribution in [3.63, 3.8) is 0 Å². The summed E-state index contributed by atoms with van der Waals surface area (Å²) in [5.74, 6) is 0.312. The highest BCUT2D eigenvalue weighted by molar-refractivity contribution is 7.89. The van der Waals surface area contributed by atoms with Crippen LogP contribution in [0.2, 0.25) is 0 Å². The summed E-state index contributed by atoms with van der Waals surface area (Å²) in [6, 6.07) is 11.1. The van der Waals surface area contributed by atoms with E-state index >= 15 is 0 Å². The van der Waals surface area contributed by atoms with E-state index in [0.29, 0.717) is 48.9 Å². The first-order valence-electron chi connectivity index (χ1n) is 10.3. The summed E-state index contributed by atoms with van der Waals surface area (Å²) in [6.45, 7) is 8.71. The lowest BCUT2D eigenvalue weighted by Gasteiger charge is -2.31. The molecule has 1 N–H and O–H groups in total. The highest BCUT2D eigenvalue weighted by atomic mass is 32.2. The van der Waals surface area contributed by atoms with Gasteiger partial charge in [-0.15, -0.1) is 0 Å². The van der Waals surface area contributed by atoms with Crippen LogP contribution in [0.1, 0.15) is 36.5 Å². The van der Waals surface area contributed by atoms with Crippen LogP contribution < -0.4 is 10.1 Å². The van der Waals surface area contributed by atoms with Gasteiger partial charge in [-0.25, -0.2) is 8.42 Å². The molecule has 0 saturated carbocycles. The number of nitrogens with zero attached hydrogens (tertiary/aromatic N) is 1. The van der Waals surface area contributed by atoms with Crippen molar-refractivity contribution in [1.29, 1.82) is 0 Å². The zero-order chi connectivity index (χ0) is 21.9. The number of piperidine rings is 1. The van der Waals surface area contributed by atoms with E-state index in [1.165, 1.54) is 4.31 Å². The van der Waals surface area contributed by atoms with Crippen LogP contribution >= 0.6 is 0 Å². The molecular weight excluding hydrogens is 400 g/mol. The van der Waals surface area contributed by atoms with Gasteiger partial charge in [0.25, 0.3) is 0 Å². The first kappa shape index (κ1) is 22.3. The molecule has 1 amide bonds. The van der Waals surface area contributed by atoms with Gasteiger partial charge in [0.2, 0.25) is 15.9 Å². The number of benzene rings is 2. The molecule has 0 unspecified atom stereocenters. The smallest absolute Gasteiger partial charge is 0.243 e. The number of para-hydroxylation sites is 2. The number of nitrogens with one attached hydrogen (secondary N) is 1. The lowest BCUT2D eigenvalue weighted by Crippen LogP contribution is -2.41. The lowest BCUT2D eigenvalue weighted by atomic mass is 9.97. The molecule has 6 nitrogen and oxygen atoms in total. The van der Waals surface area contributed by atoms with E-state index in [0.717, 1.165) is 16.7 Å². The second-order valence-corrected chi connectivity index (χ2v) is 9.70. The summed E-state index contributed by atoms with van der Waals surface area (Å²) in [4.78, 5) is 13.2. The quantitative estimate of drug-likeness (QED) is 0.750. The van der Waals surface area contributed by atoms with Gasteiger partial charge in [0, 0.05) is 19.0 Å². The van der Waals surface area contributed by atoms with Crippen LogP contribution in [-0.4, -0.2) is 38.3 Å². The molecule has 0 spiro atoms. The minimum absolute atomic E-state index is 0.0955. The van der Waals surface area contributed by atoms with Gasteiger partial charge in [-0.2, -0.15) is 4.31 Å². The topological polar surface area (TPSA) is 75.7 Å². The molecule has 30 heavy (non-hydrogen) atoms. The number of aryl methyl sites for hydroxylation is 3. The number of rotatable bonds is 6.